The molecule has 3 aliphatic rings. The van der Waals surface area contributed by atoms with E-state index in [2.05, 4.69) is 29.6 Å². The third-order valence-electron chi connectivity index (χ3n) is 7.13. The van der Waals surface area contributed by atoms with Crippen molar-refractivity contribution in [2.75, 3.05) is 19.7 Å². The van der Waals surface area contributed by atoms with Crippen LogP contribution >= 0.6 is 0 Å². The lowest BCUT2D eigenvalue weighted by atomic mass is 9.98. The molecule has 2 aromatic rings. The molecule has 0 bridgehead atoms. The molecule has 0 aliphatic heterocycles. The van der Waals surface area contributed by atoms with Gasteiger partial charge in [-0.3, -0.25) is 9.59 Å². The van der Waals surface area contributed by atoms with Gasteiger partial charge >= 0.3 is 12.1 Å². The maximum atomic E-state index is 13.0. The largest absolute Gasteiger partial charge is 0.481 e. The quantitative estimate of drug-likeness (QED) is 0.532. The number of fused-ring (bicyclic) bond motifs is 3. The molecule has 2 aromatic carbocycles. The number of hydrogen-bond acceptors (Lipinski definition) is 4. The Kier molecular flexibility index (Phi) is 6.57. The summed E-state index contributed by atoms with van der Waals surface area (Å²) in [6.45, 7) is 1.07. The molecule has 0 aromatic heterocycles. The van der Waals surface area contributed by atoms with Gasteiger partial charge in [0.25, 0.3) is 0 Å². The molecule has 1 fully saturated rings. The molecule has 5 rings (SSSR count). The Morgan fingerprint density at radius 1 is 0.971 bits per heavy atom. The number of benzene rings is 2. The summed E-state index contributed by atoms with van der Waals surface area (Å²) in [7, 11) is 0. The SMILES string of the molecule is O=C(O)CCN(CC1CC1)C(=O)C1C=CC(NC(=O)OCC2c3ccccc3-c3ccccc32)C1. The van der Waals surface area contributed by atoms with Crippen LogP contribution in [0.4, 0.5) is 4.79 Å². The molecule has 0 saturated heterocycles. The minimum Gasteiger partial charge on any atom is -0.481 e. The fourth-order valence-corrected chi connectivity index (χ4v) is 5.15. The molecule has 0 radical (unpaired) electrons. The second kappa shape index (κ2) is 9.94. The van der Waals surface area contributed by atoms with Crippen LogP contribution in [0.3, 0.4) is 0 Å². The number of aliphatic carboxylic acids is 1. The van der Waals surface area contributed by atoms with Crippen molar-refractivity contribution in [1.82, 2.24) is 10.2 Å². The molecular formula is C28H30N2O5. The number of nitrogens with one attached hydrogen (secondary N) is 1. The van der Waals surface area contributed by atoms with E-state index >= 15 is 0 Å². The van der Waals surface area contributed by atoms with Gasteiger partial charge < -0.3 is 20.1 Å². The van der Waals surface area contributed by atoms with Crippen molar-refractivity contribution in [3.05, 3.63) is 71.8 Å². The summed E-state index contributed by atoms with van der Waals surface area (Å²) in [5, 5.41) is 11.9. The lowest BCUT2D eigenvalue weighted by Crippen LogP contribution is -2.40. The fourth-order valence-electron chi connectivity index (χ4n) is 5.15. The summed E-state index contributed by atoms with van der Waals surface area (Å²) in [5.41, 5.74) is 4.67. The van der Waals surface area contributed by atoms with Crippen LogP contribution in [-0.2, 0) is 14.3 Å². The van der Waals surface area contributed by atoms with Gasteiger partial charge in [0.15, 0.2) is 0 Å². The summed E-state index contributed by atoms with van der Waals surface area (Å²) in [4.78, 5) is 38.3. The first-order valence-electron chi connectivity index (χ1n) is 12.3. The highest BCUT2D eigenvalue weighted by Gasteiger charge is 2.33. The lowest BCUT2D eigenvalue weighted by Gasteiger charge is -2.25. The highest BCUT2D eigenvalue weighted by molar-refractivity contribution is 5.82. The van der Waals surface area contributed by atoms with Crippen LogP contribution in [-0.4, -0.2) is 53.7 Å². The number of ether oxygens (including phenoxy) is 1. The fraction of sp³-hybridized carbons (Fsp3) is 0.393. The summed E-state index contributed by atoms with van der Waals surface area (Å²) in [5.74, 6) is -0.859. The molecule has 0 spiro atoms. The molecule has 1 saturated carbocycles. The van der Waals surface area contributed by atoms with E-state index in [4.69, 9.17) is 9.84 Å². The zero-order valence-electron chi connectivity index (χ0n) is 19.6. The third-order valence-corrected chi connectivity index (χ3v) is 7.13. The number of carboxylic acids is 1. The summed E-state index contributed by atoms with van der Waals surface area (Å²) < 4.78 is 5.63. The predicted octanol–water partition coefficient (Wildman–Crippen LogP) is 4.18. The molecule has 2 unspecified atom stereocenters. The molecule has 2 N–H and O–H groups in total. The van der Waals surface area contributed by atoms with Crippen LogP contribution in [0.15, 0.2) is 60.7 Å². The van der Waals surface area contributed by atoms with Gasteiger partial charge in [-0.15, -0.1) is 0 Å². The van der Waals surface area contributed by atoms with Gasteiger partial charge in [-0.05, 0) is 47.4 Å². The van der Waals surface area contributed by atoms with Gasteiger partial charge in [0.1, 0.15) is 6.61 Å². The van der Waals surface area contributed by atoms with Gasteiger partial charge in [0, 0.05) is 19.0 Å². The topological polar surface area (TPSA) is 95.9 Å². The number of amides is 2. The molecule has 182 valence electrons. The van der Waals surface area contributed by atoms with E-state index in [1.807, 2.05) is 36.4 Å². The number of rotatable bonds is 9. The van der Waals surface area contributed by atoms with Gasteiger partial charge in [0.2, 0.25) is 5.91 Å². The first-order chi connectivity index (χ1) is 17.0. The molecule has 7 heteroatoms. The number of alkyl carbamates (subject to hydrolysis) is 1. The Balaban J connectivity index is 1.14. The monoisotopic (exact) mass is 474 g/mol. The lowest BCUT2D eigenvalue weighted by molar-refractivity contribution is -0.139. The van der Waals surface area contributed by atoms with Gasteiger partial charge in [0.05, 0.1) is 18.4 Å². The Bertz CT molecular complexity index is 1110. The Morgan fingerprint density at radius 3 is 2.26 bits per heavy atom. The average Bonchev–Trinajstić information content (AvgIpc) is 3.46. The molecule has 35 heavy (non-hydrogen) atoms. The minimum atomic E-state index is -0.907. The van der Waals surface area contributed by atoms with E-state index < -0.39 is 12.1 Å². The van der Waals surface area contributed by atoms with Crippen molar-refractivity contribution < 1.29 is 24.2 Å². The highest BCUT2D eigenvalue weighted by Crippen LogP contribution is 2.44. The Labute approximate surface area is 204 Å². The number of nitrogens with zero attached hydrogens (tertiary/aromatic N) is 1. The smallest absolute Gasteiger partial charge is 0.407 e. The van der Waals surface area contributed by atoms with Crippen LogP contribution in [0, 0.1) is 11.8 Å². The van der Waals surface area contributed by atoms with Gasteiger partial charge in [-0.2, -0.15) is 0 Å². The number of carboxylic acid groups (broad SMARTS) is 1. The van der Waals surface area contributed by atoms with Crippen LogP contribution in [0.5, 0.6) is 0 Å². The average molecular weight is 475 g/mol. The number of carbonyl (C=O) groups excluding carboxylic acids is 2. The van der Waals surface area contributed by atoms with Crippen molar-refractivity contribution in [3.63, 3.8) is 0 Å². The van der Waals surface area contributed by atoms with E-state index in [1.54, 1.807) is 4.90 Å². The Hall–Kier alpha value is -3.61. The van der Waals surface area contributed by atoms with Crippen molar-refractivity contribution in [1.29, 1.82) is 0 Å². The Morgan fingerprint density at radius 2 is 1.63 bits per heavy atom. The molecule has 3 aliphatic carbocycles. The predicted molar refractivity (Wildman–Crippen MR) is 131 cm³/mol. The van der Waals surface area contributed by atoms with Crippen LogP contribution in [0.1, 0.15) is 42.7 Å². The van der Waals surface area contributed by atoms with E-state index in [0.717, 1.165) is 24.0 Å². The van der Waals surface area contributed by atoms with Crippen LogP contribution in [0.2, 0.25) is 0 Å². The molecule has 7 nitrogen and oxygen atoms in total. The zero-order chi connectivity index (χ0) is 24.4. The minimum absolute atomic E-state index is 0.00758. The zero-order valence-corrected chi connectivity index (χ0v) is 19.6. The first kappa shape index (κ1) is 23.1. The van der Waals surface area contributed by atoms with Crippen molar-refractivity contribution in [2.45, 2.75) is 37.6 Å². The summed E-state index contributed by atoms with van der Waals surface area (Å²) >= 11 is 0. The van der Waals surface area contributed by atoms with E-state index in [0.29, 0.717) is 18.9 Å². The van der Waals surface area contributed by atoms with Crippen molar-refractivity contribution in [2.24, 2.45) is 11.8 Å². The molecule has 0 heterocycles. The van der Waals surface area contributed by atoms with Crippen LogP contribution in [0.25, 0.3) is 11.1 Å². The van der Waals surface area contributed by atoms with E-state index in [9.17, 15) is 14.4 Å². The molecular weight excluding hydrogens is 444 g/mol. The summed E-state index contributed by atoms with van der Waals surface area (Å²) in [6, 6.07) is 16.1. The van der Waals surface area contributed by atoms with E-state index in [1.165, 1.54) is 11.1 Å². The molecule has 2 atom stereocenters. The maximum Gasteiger partial charge on any atom is 0.407 e. The molecule has 2 amide bonds. The summed E-state index contributed by atoms with van der Waals surface area (Å²) in [6.07, 6.45) is 5.71. The second-order valence-corrected chi connectivity index (χ2v) is 9.67. The van der Waals surface area contributed by atoms with E-state index in [-0.39, 0.29) is 43.4 Å². The third kappa shape index (κ3) is 5.24. The highest BCUT2D eigenvalue weighted by atomic mass is 16.5. The first-order valence-corrected chi connectivity index (χ1v) is 12.3. The van der Waals surface area contributed by atoms with Gasteiger partial charge in [-0.1, -0.05) is 60.7 Å². The second-order valence-electron chi connectivity index (χ2n) is 9.67. The van der Waals surface area contributed by atoms with Gasteiger partial charge in [-0.25, -0.2) is 4.79 Å². The maximum absolute atomic E-state index is 13.0. The van der Waals surface area contributed by atoms with Crippen molar-refractivity contribution in [3.8, 4) is 11.1 Å². The normalized spacial score (nSPS) is 20.2. The van der Waals surface area contributed by atoms with Crippen LogP contribution < -0.4 is 5.32 Å². The number of carbonyl (C=O) groups is 3. The number of hydrogen-bond donors (Lipinski definition) is 2. The standard InChI is InChI=1S/C28H30N2O5/c31-26(32)13-14-30(16-18-9-10-18)27(33)19-11-12-20(15-19)29-28(34)35-17-25-23-7-3-1-5-21(23)22-6-2-4-8-24(22)25/h1-8,11-12,18-20,25H,9-10,13-17H2,(H,29,34)(H,31,32). The van der Waals surface area contributed by atoms with Crippen molar-refractivity contribution >= 4 is 18.0 Å².